The molecule has 1 heterocycles. The maximum absolute atomic E-state index is 5.92. The van der Waals surface area contributed by atoms with Gasteiger partial charge in [0.05, 0.1) is 0 Å². The predicted molar refractivity (Wildman–Crippen MR) is 84.6 cm³/mol. The van der Waals surface area contributed by atoms with Crippen LogP contribution in [0.5, 0.6) is 0 Å². The van der Waals surface area contributed by atoms with Gasteiger partial charge in [-0.1, -0.05) is 24.6 Å². The number of hydrogen-bond donors (Lipinski definition) is 1. The van der Waals surface area contributed by atoms with Crippen LogP contribution in [0.25, 0.3) is 10.9 Å². The van der Waals surface area contributed by atoms with E-state index in [1.165, 1.54) is 35.7 Å². The Bertz CT molecular complexity index is 587. The molecule has 2 N–H and O–H groups in total. The summed E-state index contributed by atoms with van der Waals surface area (Å²) in [5, 5.41) is 1.38. The largest absolute Gasteiger partial charge is 0.350 e. The van der Waals surface area contributed by atoms with E-state index in [0.29, 0.717) is 12.0 Å². The number of nitrogens with zero attached hydrogens (tertiary/aromatic N) is 2. The van der Waals surface area contributed by atoms with Crippen LogP contribution in [0.1, 0.15) is 24.8 Å². The van der Waals surface area contributed by atoms with Gasteiger partial charge < -0.3 is 10.3 Å². The predicted octanol–water partition coefficient (Wildman–Crippen LogP) is 2.74. The van der Waals surface area contributed by atoms with Crippen LogP contribution in [0, 0.1) is 5.92 Å². The maximum Gasteiger partial charge on any atom is 0.0481 e. The number of aromatic nitrogens is 1. The van der Waals surface area contributed by atoms with E-state index in [9.17, 15) is 0 Å². The summed E-state index contributed by atoms with van der Waals surface area (Å²) >= 11 is 0. The first-order valence-corrected chi connectivity index (χ1v) is 7.64. The molecule has 20 heavy (non-hydrogen) atoms. The minimum Gasteiger partial charge on any atom is -0.350 e. The number of aryl methyl sites for hydroxylation is 1. The van der Waals surface area contributed by atoms with Gasteiger partial charge >= 0.3 is 0 Å². The number of fused-ring (bicyclic) bond motifs is 1. The topological polar surface area (TPSA) is 34.2 Å². The Kier molecular flexibility index (Phi) is 3.81. The highest BCUT2D eigenvalue weighted by atomic mass is 15.1. The summed E-state index contributed by atoms with van der Waals surface area (Å²) < 4.78 is 2.23. The van der Waals surface area contributed by atoms with Crippen LogP contribution in [-0.2, 0) is 13.6 Å². The molecule has 0 radical (unpaired) electrons. The van der Waals surface area contributed by atoms with Crippen molar-refractivity contribution in [2.75, 3.05) is 13.6 Å². The lowest BCUT2D eigenvalue weighted by Crippen LogP contribution is -2.37. The SMILES string of the molecule is CN(Cc1cn(C)c2ccccc12)C1CCCC1CN. The highest BCUT2D eigenvalue weighted by molar-refractivity contribution is 5.83. The van der Waals surface area contributed by atoms with Crippen molar-refractivity contribution >= 4 is 10.9 Å². The minimum atomic E-state index is 0.652. The van der Waals surface area contributed by atoms with Crippen molar-refractivity contribution in [2.24, 2.45) is 18.7 Å². The third kappa shape index (κ3) is 2.36. The molecule has 108 valence electrons. The Morgan fingerprint density at radius 2 is 2.10 bits per heavy atom. The van der Waals surface area contributed by atoms with E-state index in [1.54, 1.807) is 0 Å². The van der Waals surface area contributed by atoms with E-state index in [1.807, 2.05) is 0 Å². The average molecular weight is 271 g/mol. The molecule has 3 rings (SSSR count). The van der Waals surface area contributed by atoms with E-state index in [-0.39, 0.29) is 0 Å². The van der Waals surface area contributed by atoms with Gasteiger partial charge in [0.1, 0.15) is 0 Å². The van der Waals surface area contributed by atoms with E-state index < -0.39 is 0 Å². The summed E-state index contributed by atoms with van der Waals surface area (Å²) in [5.74, 6) is 0.676. The van der Waals surface area contributed by atoms with Gasteiger partial charge in [-0.25, -0.2) is 0 Å². The van der Waals surface area contributed by atoms with E-state index in [2.05, 4.69) is 54.0 Å². The number of benzene rings is 1. The standard InChI is InChI=1S/C17H25N3/c1-19(16-9-5-6-13(16)10-18)11-14-12-20(2)17-8-4-3-7-15(14)17/h3-4,7-8,12-13,16H,5-6,9-11,18H2,1-2H3. The highest BCUT2D eigenvalue weighted by Gasteiger charge is 2.29. The van der Waals surface area contributed by atoms with E-state index >= 15 is 0 Å². The number of nitrogens with two attached hydrogens (primary N) is 1. The second-order valence-electron chi connectivity index (χ2n) is 6.19. The van der Waals surface area contributed by atoms with Crippen molar-refractivity contribution in [1.29, 1.82) is 0 Å². The van der Waals surface area contributed by atoms with Gasteiger partial charge in [0, 0.05) is 36.7 Å². The van der Waals surface area contributed by atoms with Crippen molar-refractivity contribution in [3.05, 3.63) is 36.0 Å². The molecule has 0 amide bonds. The zero-order valence-electron chi connectivity index (χ0n) is 12.5. The number of rotatable bonds is 4. The average Bonchev–Trinajstić information content (AvgIpc) is 3.05. The second kappa shape index (κ2) is 5.58. The summed E-state index contributed by atoms with van der Waals surface area (Å²) in [7, 11) is 4.38. The lowest BCUT2D eigenvalue weighted by Gasteiger charge is -2.28. The fourth-order valence-electron chi connectivity index (χ4n) is 3.81. The first-order chi connectivity index (χ1) is 9.70. The lowest BCUT2D eigenvalue weighted by molar-refractivity contribution is 0.193. The van der Waals surface area contributed by atoms with Gasteiger partial charge in [-0.15, -0.1) is 0 Å². The van der Waals surface area contributed by atoms with E-state index in [0.717, 1.165) is 13.1 Å². The fourth-order valence-corrected chi connectivity index (χ4v) is 3.81. The summed E-state index contributed by atoms with van der Waals surface area (Å²) in [5.41, 5.74) is 8.66. The molecule has 1 fully saturated rings. The molecule has 1 aliphatic rings. The zero-order chi connectivity index (χ0) is 14.1. The quantitative estimate of drug-likeness (QED) is 0.928. The molecule has 3 nitrogen and oxygen atoms in total. The summed E-state index contributed by atoms with van der Waals surface area (Å²) in [6, 6.07) is 9.31. The molecule has 2 aromatic rings. The number of para-hydroxylation sites is 1. The van der Waals surface area contributed by atoms with Gasteiger partial charge in [0.25, 0.3) is 0 Å². The zero-order valence-corrected chi connectivity index (χ0v) is 12.5. The van der Waals surface area contributed by atoms with E-state index in [4.69, 9.17) is 5.73 Å². The fraction of sp³-hybridized carbons (Fsp3) is 0.529. The lowest BCUT2D eigenvalue weighted by atomic mass is 10.0. The molecule has 0 spiro atoms. The smallest absolute Gasteiger partial charge is 0.0481 e. The Morgan fingerprint density at radius 1 is 1.30 bits per heavy atom. The molecular weight excluding hydrogens is 246 g/mol. The van der Waals surface area contributed by atoms with Crippen molar-refractivity contribution < 1.29 is 0 Å². The Hall–Kier alpha value is -1.32. The van der Waals surface area contributed by atoms with Crippen LogP contribution in [0.3, 0.4) is 0 Å². The van der Waals surface area contributed by atoms with Gasteiger partial charge in [-0.2, -0.15) is 0 Å². The summed E-state index contributed by atoms with van der Waals surface area (Å²) in [4.78, 5) is 2.51. The molecule has 0 bridgehead atoms. The third-order valence-corrected chi connectivity index (χ3v) is 4.89. The molecule has 0 saturated heterocycles. The van der Waals surface area contributed by atoms with Crippen LogP contribution in [0.2, 0.25) is 0 Å². The molecule has 1 aromatic carbocycles. The first-order valence-electron chi connectivity index (χ1n) is 7.64. The van der Waals surface area contributed by atoms with Crippen LogP contribution >= 0.6 is 0 Å². The van der Waals surface area contributed by atoms with Crippen LogP contribution < -0.4 is 5.73 Å². The van der Waals surface area contributed by atoms with Crippen molar-refractivity contribution in [1.82, 2.24) is 9.47 Å². The van der Waals surface area contributed by atoms with Crippen LogP contribution in [0.15, 0.2) is 30.5 Å². The molecular formula is C17H25N3. The molecule has 1 aliphatic carbocycles. The molecule has 1 aromatic heterocycles. The van der Waals surface area contributed by atoms with Crippen molar-refractivity contribution in [2.45, 2.75) is 31.8 Å². The third-order valence-electron chi connectivity index (χ3n) is 4.89. The summed E-state index contributed by atoms with van der Waals surface area (Å²) in [6.07, 6.45) is 6.18. The van der Waals surface area contributed by atoms with Crippen LogP contribution in [-0.4, -0.2) is 29.1 Å². The van der Waals surface area contributed by atoms with Gasteiger partial charge in [-0.05, 0) is 44.0 Å². The Morgan fingerprint density at radius 3 is 2.90 bits per heavy atom. The highest BCUT2D eigenvalue weighted by Crippen LogP contribution is 2.30. The van der Waals surface area contributed by atoms with Gasteiger partial charge in [0.2, 0.25) is 0 Å². The molecule has 2 atom stereocenters. The molecule has 3 heteroatoms. The van der Waals surface area contributed by atoms with Crippen LogP contribution in [0.4, 0.5) is 0 Å². The molecule has 2 unspecified atom stereocenters. The van der Waals surface area contributed by atoms with Crippen molar-refractivity contribution in [3.8, 4) is 0 Å². The normalized spacial score (nSPS) is 23.0. The number of hydrogen-bond acceptors (Lipinski definition) is 2. The Labute approximate surface area is 121 Å². The monoisotopic (exact) mass is 271 g/mol. The van der Waals surface area contributed by atoms with Gasteiger partial charge in [0.15, 0.2) is 0 Å². The maximum atomic E-state index is 5.92. The molecule has 0 aliphatic heterocycles. The molecule has 1 saturated carbocycles. The second-order valence-corrected chi connectivity index (χ2v) is 6.19. The Balaban J connectivity index is 1.82. The van der Waals surface area contributed by atoms with Crippen molar-refractivity contribution in [3.63, 3.8) is 0 Å². The van der Waals surface area contributed by atoms with Gasteiger partial charge in [-0.3, -0.25) is 4.90 Å². The summed E-state index contributed by atoms with van der Waals surface area (Å²) in [6.45, 7) is 1.84. The first kappa shape index (κ1) is 13.7. The minimum absolute atomic E-state index is 0.652.